The standard InChI is InChI=1S/C15H10O6/c16-8-4-2-1-3-7(8)12-6-10(18)13-9(17)5-11(19)14(20)15(13)21-12/h1-6,16-17,19-20H. The van der Waals surface area contributed by atoms with Gasteiger partial charge in [-0.1, -0.05) is 12.1 Å². The van der Waals surface area contributed by atoms with Crippen molar-refractivity contribution in [3.05, 3.63) is 46.6 Å². The zero-order valence-electron chi connectivity index (χ0n) is 10.6. The van der Waals surface area contributed by atoms with Crippen molar-refractivity contribution in [3.8, 4) is 34.3 Å². The van der Waals surface area contributed by atoms with Crippen LogP contribution < -0.4 is 5.43 Å². The molecule has 6 heteroatoms. The molecular formula is C15H10O6. The second kappa shape index (κ2) is 4.45. The first-order valence-electron chi connectivity index (χ1n) is 5.99. The van der Waals surface area contributed by atoms with E-state index in [4.69, 9.17) is 4.42 Å². The van der Waals surface area contributed by atoms with Gasteiger partial charge in [-0.25, -0.2) is 0 Å². The minimum atomic E-state index is -0.655. The fourth-order valence-corrected chi connectivity index (χ4v) is 2.10. The van der Waals surface area contributed by atoms with Gasteiger partial charge >= 0.3 is 0 Å². The summed E-state index contributed by atoms with van der Waals surface area (Å²) < 4.78 is 5.37. The fraction of sp³-hybridized carbons (Fsp3) is 0. The van der Waals surface area contributed by atoms with Gasteiger partial charge < -0.3 is 24.8 Å². The first kappa shape index (κ1) is 12.9. The molecule has 3 aromatic rings. The summed E-state index contributed by atoms with van der Waals surface area (Å²) in [6.07, 6.45) is 0. The van der Waals surface area contributed by atoms with Crippen LogP contribution in [0.1, 0.15) is 0 Å². The monoisotopic (exact) mass is 286 g/mol. The van der Waals surface area contributed by atoms with E-state index in [0.29, 0.717) is 0 Å². The molecule has 0 spiro atoms. The number of hydrogen-bond donors (Lipinski definition) is 4. The predicted molar refractivity (Wildman–Crippen MR) is 74.6 cm³/mol. The van der Waals surface area contributed by atoms with Gasteiger partial charge in [0.25, 0.3) is 0 Å². The third kappa shape index (κ3) is 1.93. The van der Waals surface area contributed by atoms with Crippen LogP contribution in [0.15, 0.2) is 45.6 Å². The number of fused-ring (bicyclic) bond motifs is 1. The van der Waals surface area contributed by atoms with Crippen LogP contribution in [0.2, 0.25) is 0 Å². The Balaban J connectivity index is 2.42. The van der Waals surface area contributed by atoms with E-state index < -0.39 is 22.7 Å². The molecule has 0 atom stereocenters. The molecule has 0 saturated heterocycles. The van der Waals surface area contributed by atoms with Crippen molar-refractivity contribution in [1.29, 1.82) is 0 Å². The van der Waals surface area contributed by atoms with Crippen molar-refractivity contribution in [3.63, 3.8) is 0 Å². The fourth-order valence-electron chi connectivity index (χ4n) is 2.10. The van der Waals surface area contributed by atoms with Crippen LogP contribution in [0, 0.1) is 0 Å². The molecular weight excluding hydrogens is 276 g/mol. The maximum Gasteiger partial charge on any atom is 0.202 e. The molecule has 0 bridgehead atoms. The van der Waals surface area contributed by atoms with E-state index in [1.807, 2.05) is 0 Å². The molecule has 0 fully saturated rings. The zero-order valence-corrected chi connectivity index (χ0v) is 10.6. The minimum Gasteiger partial charge on any atom is -0.507 e. The van der Waals surface area contributed by atoms with Gasteiger partial charge in [-0.2, -0.15) is 0 Å². The molecule has 3 rings (SSSR count). The van der Waals surface area contributed by atoms with Gasteiger partial charge in [0.1, 0.15) is 22.6 Å². The van der Waals surface area contributed by atoms with Gasteiger partial charge in [-0.15, -0.1) is 0 Å². The van der Waals surface area contributed by atoms with Gasteiger partial charge in [-0.3, -0.25) is 4.79 Å². The quantitative estimate of drug-likeness (QED) is 0.403. The number of phenols is 4. The summed E-state index contributed by atoms with van der Waals surface area (Å²) in [4.78, 5) is 12.1. The zero-order chi connectivity index (χ0) is 15.1. The molecule has 0 saturated carbocycles. The Morgan fingerprint density at radius 3 is 2.29 bits per heavy atom. The number of hydrogen-bond acceptors (Lipinski definition) is 6. The van der Waals surface area contributed by atoms with E-state index >= 15 is 0 Å². The third-order valence-electron chi connectivity index (χ3n) is 3.10. The number of phenolic OH excluding ortho intramolecular Hbond substituents is 4. The number of aromatic hydroxyl groups is 4. The summed E-state index contributed by atoms with van der Waals surface area (Å²) >= 11 is 0. The van der Waals surface area contributed by atoms with Crippen LogP contribution in [0.3, 0.4) is 0 Å². The molecule has 2 aromatic carbocycles. The Hall–Kier alpha value is -3.15. The Labute approximate surface area is 117 Å². The van der Waals surface area contributed by atoms with E-state index in [0.717, 1.165) is 12.1 Å². The first-order valence-corrected chi connectivity index (χ1v) is 5.99. The van der Waals surface area contributed by atoms with Crippen LogP contribution in [-0.2, 0) is 0 Å². The van der Waals surface area contributed by atoms with Gasteiger partial charge in [0.05, 0.1) is 5.56 Å². The lowest BCUT2D eigenvalue weighted by atomic mass is 10.1. The molecule has 21 heavy (non-hydrogen) atoms. The lowest BCUT2D eigenvalue weighted by Crippen LogP contribution is -2.01. The number of benzene rings is 2. The molecule has 4 N–H and O–H groups in total. The van der Waals surface area contributed by atoms with E-state index in [1.54, 1.807) is 12.1 Å². The van der Waals surface area contributed by atoms with Crippen LogP contribution in [0.5, 0.6) is 23.0 Å². The third-order valence-corrected chi connectivity index (χ3v) is 3.10. The number of para-hydroxylation sites is 1. The summed E-state index contributed by atoms with van der Waals surface area (Å²) in [5, 5.41) is 38.5. The maximum atomic E-state index is 12.1. The normalized spacial score (nSPS) is 10.9. The molecule has 1 aromatic heterocycles. The molecule has 0 unspecified atom stereocenters. The largest absolute Gasteiger partial charge is 0.507 e. The Morgan fingerprint density at radius 2 is 1.57 bits per heavy atom. The summed E-state index contributed by atoms with van der Waals surface area (Å²) in [6.45, 7) is 0. The van der Waals surface area contributed by atoms with E-state index in [-0.39, 0.29) is 28.0 Å². The van der Waals surface area contributed by atoms with Crippen molar-refractivity contribution in [2.45, 2.75) is 0 Å². The van der Waals surface area contributed by atoms with Crippen molar-refractivity contribution >= 4 is 11.0 Å². The van der Waals surface area contributed by atoms with E-state index in [1.165, 1.54) is 12.1 Å². The average molecular weight is 286 g/mol. The van der Waals surface area contributed by atoms with Gasteiger partial charge in [0.15, 0.2) is 16.8 Å². The molecule has 0 amide bonds. The van der Waals surface area contributed by atoms with Crippen LogP contribution >= 0.6 is 0 Å². The topological polar surface area (TPSA) is 111 Å². The second-order valence-corrected chi connectivity index (χ2v) is 4.46. The molecule has 0 radical (unpaired) electrons. The van der Waals surface area contributed by atoms with Crippen molar-refractivity contribution in [2.24, 2.45) is 0 Å². The summed E-state index contributed by atoms with van der Waals surface area (Å²) in [5.41, 5.74) is -0.709. The summed E-state index contributed by atoms with van der Waals surface area (Å²) in [6, 6.07) is 8.13. The molecule has 0 aliphatic carbocycles. The Bertz CT molecular complexity index is 910. The minimum absolute atomic E-state index is 0.00546. The Kier molecular flexibility index (Phi) is 2.72. The van der Waals surface area contributed by atoms with Crippen LogP contribution in [-0.4, -0.2) is 20.4 Å². The second-order valence-electron chi connectivity index (χ2n) is 4.46. The van der Waals surface area contributed by atoms with Gasteiger partial charge in [0, 0.05) is 12.1 Å². The van der Waals surface area contributed by atoms with E-state index in [9.17, 15) is 25.2 Å². The highest BCUT2D eigenvalue weighted by Crippen LogP contribution is 2.40. The maximum absolute atomic E-state index is 12.1. The first-order chi connectivity index (χ1) is 9.99. The molecule has 6 nitrogen and oxygen atoms in total. The summed E-state index contributed by atoms with van der Waals surface area (Å²) in [7, 11) is 0. The van der Waals surface area contributed by atoms with E-state index in [2.05, 4.69) is 0 Å². The highest BCUT2D eigenvalue weighted by molar-refractivity contribution is 5.91. The lowest BCUT2D eigenvalue weighted by Gasteiger charge is -2.08. The van der Waals surface area contributed by atoms with Crippen LogP contribution in [0.4, 0.5) is 0 Å². The van der Waals surface area contributed by atoms with Crippen LogP contribution in [0.25, 0.3) is 22.3 Å². The van der Waals surface area contributed by atoms with Gasteiger partial charge in [-0.05, 0) is 12.1 Å². The lowest BCUT2D eigenvalue weighted by molar-refractivity contribution is 0.394. The summed E-state index contributed by atoms with van der Waals surface area (Å²) in [5.74, 6) is -1.87. The molecule has 0 aliphatic rings. The van der Waals surface area contributed by atoms with Crippen molar-refractivity contribution < 1.29 is 24.8 Å². The molecule has 106 valence electrons. The predicted octanol–water partition coefficient (Wildman–Crippen LogP) is 2.28. The smallest absolute Gasteiger partial charge is 0.202 e. The number of rotatable bonds is 1. The highest BCUT2D eigenvalue weighted by atomic mass is 16.4. The molecule has 1 heterocycles. The molecule has 0 aliphatic heterocycles. The van der Waals surface area contributed by atoms with Gasteiger partial charge in [0.2, 0.25) is 5.75 Å². The average Bonchev–Trinajstić information content (AvgIpc) is 2.44. The Morgan fingerprint density at radius 1 is 0.857 bits per heavy atom. The van der Waals surface area contributed by atoms with Crippen molar-refractivity contribution in [1.82, 2.24) is 0 Å². The van der Waals surface area contributed by atoms with Crippen molar-refractivity contribution in [2.75, 3.05) is 0 Å². The SMILES string of the molecule is O=c1cc(-c2ccccc2O)oc2c(O)c(O)cc(O)c12. The highest BCUT2D eigenvalue weighted by Gasteiger charge is 2.18.